The summed E-state index contributed by atoms with van der Waals surface area (Å²) in [5, 5.41) is 9.47. The Morgan fingerprint density at radius 3 is 2.44 bits per heavy atom. The Hall–Kier alpha value is -1.71. The normalized spacial score (nSPS) is 10.3. The van der Waals surface area contributed by atoms with Crippen LogP contribution in [-0.2, 0) is 0 Å². The van der Waals surface area contributed by atoms with Crippen molar-refractivity contribution < 1.29 is 18.7 Å². The van der Waals surface area contributed by atoms with Gasteiger partial charge in [-0.25, -0.2) is 0 Å². The van der Waals surface area contributed by atoms with E-state index in [1.807, 2.05) is 0 Å². The molecule has 0 bridgehead atoms. The third-order valence-corrected chi connectivity index (χ3v) is 2.92. The van der Waals surface area contributed by atoms with Gasteiger partial charge in [0, 0.05) is 0 Å². The molecule has 0 amide bonds. The summed E-state index contributed by atoms with van der Waals surface area (Å²) >= 11 is 2.25. The topological polar surface area (TPSA) is 37.3 Å². The zero-order valence-electron chi connectivity index (χ0n) is 8.98. The first-order valence-corrected chi connectivity index (χ1v) is 5.84. The van der Waals surface area contributed by atoms with Crippen LogP contribution in [0.15, 0.2) is 36.4 Å². The fraction of sp³-hybridized carbons (Fsp3) is 0. The van der Waals surface area contributed by atoms with Gasteiger partial charge in [-0.1, -0.05) is 0 Å². The summed E-state index contributed by atoms with van der Waals surface area (Å²) in [5.74, 6) is -1.58. The summed E-state index contributed by atoms with van der Waals surface area (Å²) < 4.78 is 25.9. The molecule has 0 aliphatic heterocycles. The number of hydrogen-bond acceptors (Lipinski definition) is 2. The van der Waals surface area contributed by atoms with E-state index in [-0.39, 0.29) is 16.9 Å². The van der Waals surface area contributed by atoms with Crippen molar-refractivity contribution in [2.24, 2.45) is 0 Å². The fourth-order valence-electron chi connectivity index (χ4n) is 1.59. The molecule has 0 aromatic heterocycles. The Kier molecular flexibility index (Phi) is 3.45. The average molecular weight is 312 g/mol. The van der Waals surface area contributed by atoms with E-state index in [4.69, 9.17) is 0 Å². The third-order valence-electron chi connectivity index (χ3n) is 2.46. The molecule has 0 unspecified atom stereocenters. The number of carbonyl (C=O) groups excluding carboxylic acids is 1. The van der Waals surface area contributed by atoms with Crippen LogP contribution in [-0.4, -0.2) is 25.8 Å². The molecular weight excluding hydrogens is 305 g/mol. The molecule has 91 valence electrons. The summed E-state index contributed by atoms with van der Waals surface area (Å²) in [6.07, 6.45) is 0. The van der Waals surface area contributed by atoms with Gasteiger partial charge < -0.3 is 0 Å². The van der Waals surface area contributed by atoms with Gasteiger partial charge in [0.15, 0.2) is 0 Å². The van der Waals surface area contributed by atoms with Gasteiger partial charge in [0.1, 0.15) is 0 Å². The van der Waals surface area contributed by atoms with Crippen molar-refractivity contribution in [2.75, 3.05) is 0 Å². The molecule has 2 nitrogen and oxygen atoms in total. The Morgan fingerprint density at radius 1 is 1.11 bits per heavy atom. The molecular formula is C13H7F2O2Se. The zero-order valence-corrected chi connectivity index (χ0v) is 10.7. The molecule has 2 aromatic carbocycles. The molecule has 0 spiro atoms. The zero-order chi connectivity index (χ0) is 13.3. The third kappa shape index (κ3) is 2.42. The van der Waals surface area contributed by atoms with E-state index in [1.165, 1.54) is 24.3 Å². The van der Waals surface area contributed by atoms with Crippen LogP contribution in [0.4, 0.5) is 8.78 Å². The summed E-state index contributed by atoms with van der Waals surface area (Å²) in [6.45, 7) is 0. The number of benzene rings is 2. The first-order chi connectivity index (χ1) is 8.49. The minimum absolute atomic E-state index is 0.0521. The molecule has 1 N–H and O–H groups in total. The van der Waals surface area contributed by atoms with Gasteiger partial charge in [0.25, 0.3) is 0 Å². The molecule has 0 aliphatic rings. The van der Waals surface area contributed by atoms with E-state index in [1.54, 1.807) is 0 Å². The predicted octanol–water partition coefficient (Wildman–Crippen LogP) is 2.65. The van der Waals surface area contributed by atoms with Gasteiger partial charge >= 0.3 is 110 Å². The first-order valence-electron chi connectivity index (χ1n) is 4.99. The van der Waals surface area contributed by atoms with Gasteiger partial charge in [0.05, 0.1) is 0 Å². The van der Waals surface area contributed by atoms with Crippen molar-refractivity contribution in [3.63, 3.8) is 0 Å². The van der Waals surface area contributed by atoms with Crippen LogP contribution >= 0.6 is 0 Å². The van der Waals surface area contributed by atoms with E-state index >= 15 is 0 Å². The van der Waals surface area contributed by atoms with Crippen LogP contribution in [0, 0.1) is 11.6 Å². The Balaban J connectivity index is 2.58. The van der Waals surface area contributed by atoms with Crippen molar-refractivity contribution in [1.82, 2.24) is 0 Å². The maximum atomic E-state index is 13.6. The Morgan fingerprint density at radius 2 is 1.83 bits per heavy atom. The number of halogens is 2. The number of carbonyl (C=O) groups is 1. The predicted molar refractivity (Wildman–Crippen MR) is 63.5 cm³/mol. The second kappa shape index (κ2) is 4.88. The molecule has 0 saturated carbocycles. The van der Waals surface area contributed by atoms with Crippen LogP contribution in [0.1, 0.15) is 10.4 Å². The van der Waals surface area contributed by atoms with E-state index in [0.717, 1.165) is 12.1 Å². The maximum absolute atomic E-state index is 13.6. The van der Waals surface area contributed by atoms with Crippen LogP contribution in [0.3, 0.4) is 0 Å². The molecule has 0 fully saturated rings. The quantitative estimate of drug-likeness (QED) is 0.866. The van der Waals surface area contributed by atoms with Gasteiger partial charge in [0.2, 0.25) is 0 Å². The van der Waals surface area contributed by atoms with Crippen molar-refractivity contribution in [3.8, 4) is 16.9 Å². The molecule has 18 heavy (non-hydrogen) atoms. The molecule has 0 heterocycles. The van der Waals surface area contributed by atoms with Gasteiger partial charge in [-0.15, -0.1) is 0 Å². The number of hydrogen-bond donors (Lipinski definition) is 1. The van der Waals surface area contributed by atoms with Crippen molar-refractivity contribution >= 4 is 20.7 Å². The number of phenolic OH excluding ortho intramolecular Hbond substituents is 1. The summed E-state index contributed by atoms with van der Waals surface area (Å²) in [7, 11) is 0. The van der Waals surface area contributed by atoms with E-state index < -0.39 is 16.3 Å². The molecule has 5 heteroatoms. The Labute approximate surface area is 110 Å². The average Bonchev–Trinajstić information content (AvgIpc) is 2.30. The SMILES string of the molecule is O=C([Se])c1cc(-c2ccc(F)cc2F)ccc1O. The minimum atomic E-state index is -0.723. The summed E-state index contributed by atoms with van der Waals surface area (Å²) in [5.41, 5.74) is 0.610. The van der Waals surface area contributed by atoms with Crippen molar-refractivity contribution in [2.45, 2.75) is 0 Å². The van der Waals surface area contributed by atoms with E-state index in [2.05, 4.69) is 16.0 Å². The van der Waals surface area contributed by atoms with Gasteiger partial charge in [-0.3, -0.25) is 0 Å². The van der Waals surface area contributed by atoms with Crippen LogP contribution in [0.2, 0.25) is 0 Å². The van der Waals surface area contributed by atoms with Crippen molar-refractivity contribution in [3.05, 3.63) is 53.6 Å². The summed E-state index contributed by atoms with van der Waals surface area (Å²) in [4.78, 5) is 11.2. The molecule has 2 rings (SSSR count). The monoisotopic (exact) mass is 313 g/mol. The number of aromatic hydroxyl groups is 1. The molecule has 2 aromatic rings. The molecule has 0 saturated heterocycles. The number of phenols is 1. The van der Waals surface area contributed by atoms with E-state index in [0.29, 0.717) is 5.56 Å². The fourth-order valence-corrected chi connectivity index (χ4v) is 1.93. The van der Waals surface area contributed by atoms with Gasteiger partial charge in [-0.2, -0.15) is 0 Å². The molecule has 0 aliphatic carbocycles. The van der Waals surface area contributed by atoms with E-state index in [9.17, 15) is 18.7 Å². The van der Waals surface area contributed by atoms with Crippen LogP contribution in [0.5, 0.6) is 5.75 Å². The van der Waals surface area contributed by atoms with Crippen molar-refractivity contribution in [1.29, 1.82) is 0 Å². The second-order valence-corrected chi connectivity index (χ2v) is 4.42. The number of rotatable bonds is 2. The summed E-state index contributed by atoms with van der Waals surface area (Å²) in [6, 6.07) is 7.28. The molecule has 1 radical (unpaired) electrons. The second-order valence-electron chi connectivity index (χ2n) is 3.64. The Bertz CT molecular complexity index is 626. The first kappa shape index (κ1) is 12.7. The standard InChI is InChI=1S/C13H7F2O2Se/c14-8-2-3-9(11(15)6-8)7-1-4-12(16)10(5-7)13(17)18/h1-6,16H. The van der Waals surface area contributed by atoms with Gasteiger partial charge in [-0.05, 0) is 0 Å². The van der Waals surface area contributed by atoms with Crippen LogP contribution in [0.25, 0.3) is 11.1 Å². The molecule has 0 atom stereocenters. The van der Waals surface area contributed by atoms with Crippen LogP contribution < -0.4 is 0 Å².